The van der Waals surface area contributed by atoms with Crippen LogP contribution in [-0.2, 0) is 13.6 Å². The lowest BCUT2D eigenvalue weighted by Crippen LogP contribution is -2.29. The summed E-state index contributed by atoms with van der Waals surface area (Å²) in [4.78, 5) is 15.2. The summed E-state index contributed by atoms with van der Waals surface area (Å²) in [5, 5.41) is 11.9. The van der Waals surface area contributed by atoms with Gasteiger partial charge >= 0.3 is 0 Å². The highest BCUT2D eigenvalue weighted by atomic mass is 19.3. The van der Waals surface area contributed by atoms with E-state index in [0.717, 1.165) is 42.0 Å². The van der Waals surface area contributed by atoms with E-state index < -0.39 is 6.43 Å². The van der Waals surface area contributed by atoms with Gasteiger partial charge in [-0.05, 0) is 91.9 Å². The monoisotopic (exact) mass is 505 g/mol. The number of nitrogens with one attached hydrogen (secondary N) is 1. The number of anilines is 1. The molecule has 0 unspecified atom stereocenters. The summed E-state index contributed by atoms with van der Waals surface area (Å²) >= 11 is 0. The molecule has 0 radical (unpaired) electrons. The van der Waals surface area contributed by atoms with Gasteiger partial charge in [0.1, 0.15) is 12.2 Å². The third kappa shape index (κ3) is 4.56. The number of aryl methyl sites for hydroxylation is 1. The van der Waals surface area contributed by atoms with Crippen molar-refractivity contribution in [3.8, 4) is 0 Å². The molecule has 2 aromatic carbocycles. The van der Waals surface area contributed by atoms with E-state index in [-0.39, 0.29) is 30.0 Å². The van der Waals surface area contributed by atoms with Crippen molar-refractivity contribution in [3.05, 3.63) is 76.4 Å². The SMILES string of the molecule is C[C@@H](NCC1CCC1)c1cc2c(c(C(F)F)c1)CN(c1cccc([C@H](c3nncn3C)C3CC3)c1)C2=O. The van der Waals surface area contributed by atoms with Crippen molar-refractivity contribution in [2.45, 2.75) is 64.0 Å². The first-order chi connectivity index (χ1) is 17.9. The molecule has 8 heteroatoms. The Balaban J connectivity index is 1.30. The Bertz CT molecular complexity index is 1310. The first-order valence-corrected chi connectivity index (χ1v) is 13.3. The van der Waals surface area contributed by atoms with Gasteiger partial charge < -0.3 is 14.8 Å². The molecule has 1 aromatic heterocycles. The Hall–Kier alpha value is -3.13. The van der Waals surface area contributed by atoms with E-state index in [0.29, 0.717) is 23.0 Å². The number of alkyl halides is 2. The van der Waals surface area contributed by atoms with E-state index in [1.165, 1.54) is 19.3 Å². The number of carbonyl (C=O) groups excluding carboxylic acids is 1. The average Bonchev–Trinajstić information content (AvgIpc) is 3.52. The minimum atomic E-state index is -2.64. The second kappa shape index (κ2) is 9.63. The Morgan fingerprint density at radius 3 is 2.57 bits per heavy atom. The molecule has 3 aromatic rings. The summed E-state index contributed by atoms with van der Waals surface area (Å²) in [5.41, 5.74) is 3.34. The predicted octanol–water partition coefficient (Wildman–Crippen LogP) is 5.91. The highest BCUT2D eigenvalue weighted by Gasteiger charge is 2.38. The molecule has 1 amide bonds. The Morgan fingerprint density at radius 2 is 1.92 bits per heavy atom. The Labute approximate surface area is 216 Å². The highest BCUT2D eigenvalue weighted by Crippen LogP contribution is 2.46. The fourth-order valence-corrected chi connectivity index (χ4v) is 5.79. The van der Waals surface area contributed by atoms with Gasteiger partial charge in [0.25, 0.3) is 12.3 Å². The molecule has 6 rings (SSSR count). The lowest BCUT2D eigenvalue weighted by atomic mass is 9.85. The number of hydrogen-bond donors (Lipinski definition) is 1. The topological polar surface area (TPSA) is 63.0 Å². The number of benzene rings is 2. The fraction of sp³-hybridized carbons (Fsp3) is 0.483. The summed E-state index contributed by atoms with van der Waals surface area (Å²) in [6, 6.07) is 11.2. The molecule has 6 nitrogen and oxygen atoms in total. The molecule has 0 saturated heterocycles. The summed E-state index contributed by atoms with van der Waals surface area (Å²) in [5.74, 6) is 1.94. The van der Waals surface area contributed by atoms with Gasteiger partial charge in [0, 0.05) is 35.8 Å². The van der Waals surface area contributed by atoms with Gasteiger partial charge in [-0.3, -0.25) is 4.79 Å². The summed E-state index contributed by atoms with van der Waals surface area (Å²) in [7, 11) is 1.95. The molecular formula is C29H33F2N5O. The minimum Gasteiger partial charge on any atom is -0.320 e. The van der Waals surface area contributed by atoms with E-state index in [1.807, 2.05) is 42.8 Å². The number of nitrogens with zero attached hydrogens (tertiary/aromatic N) is 4. The summed E-state index contributed by atoms with van der Waals surface area (Å²) in [6.07, 6.45) is 5.03. The third-order valence-electron chi connectivity index (χ3n) is 8.43. The van der Waals surface area contributed by atoms with Crippen LogP contribution in [0, 0.1) is 11.8 Å². The smallest absolute Gasteiger partial charge is 0.264 e. The molecule has 2 aliphatic carbocycles. The number of fused-ring (bicyclic) bond motifs is 1. The van der Waals surface area contributed by atoms with Crippen LogP contribution in [0.15, 0.2) is 42.7 Å². The van der Waals surface area contributed by atoms with E-state index in [1.54, 1.807) is 17.3 Å². The van der Waals surface area contributed by atoms with Crippen LogP contribution >= 0.6 is 0 Å². The normalized spacial score (nSPS) is 19.3. The Kier molecular flexibility index (Phi) is 6.31. The van der Waals surface area contributed by atoms with Gasteiger partial charge in [0.2, 0.25) is 0 Å². The van der Waals surface area contributed by atoms with Gasteiger partial charge in [-0.25, -0.2) is 8.78 Å². The second-order valence-corrected chi connectivity index (χ2v) is 11.0. The number of aromatic nitrogens is 3. The van der Waals surface area contributed by atoms with Crippen LogP contribution in [0.1, 0.15) is 95.8 Å². The number of hydrogen-bond acceptors (Lipinski definition) is 4. The Morgan fingerprint density at radius 1 is 1.11 bits per heavy atom. The number of halogens is 2. The van der Waals surface area contributed by atoms with Crippen molar-refractivity contribution >= 4 is 11.6 Å². The van der Waals surface area contributed by atoms with Crippen LogP contribution in [0.4, 0.5) is 14.5 Å². The first-order valence-electron chi connectivity index (χ1n) is 13.3. The minimum absolute atomic E-state index is 0.0354. The highest BCUT2D eigenvalue weighted by molar-refractivity contribution is 6.10. The van der Waals surface area contributed by atoms with Crippen LogP contribution < -0.4 is 10.2 Å². The van der Waals surface area contributed by atoms with Crippen molar-refractivity contribution < 1.29 is 13.6 Å². The second-order valence-electron chi connectivity index (χ2n) is 11.0. The molecule has 2 saturated carbocycles. The van der Waals surface area contributed by atoms with Crippen LogP contribution in [0.2, 0.25) is 0 Å². The number of amides is 1. The van der Waals surface area contributed by atoms with Gasteiger partial charge in [0.05, 0.1) is 6.54 Å². The standard InChI is InChI=1S/C29H33F2N5O/c1-17(32-14-18-5-3-6-18)21-12-23(27(30)31)25-15-36(29(37)24(25)13-21)22-8-4-7-20(11-22)26(19-9-10-19)28-34-33-16-35(28)2/h4,7-8,11-13,16-19,26-27,32H,3,5-6,9-10,14-15H2,1-2H3/t17-,26-/m1/s1. The quantitative estimate of drug-likeness (QED) is 0.393. The maximum Gasteiger partial charge on any atom is 0.264 e. The van der Waals surface area contributed by atoms with Gasteiger partial charge in [-0.15, -0.1) is 10.2 Å². The number of carbonyl (C=O) groups is 1. The van der Waals surface area contributed by atoms with Crippen LogP contribution in [0.5, 0.6) is 0 Å². The largest absolute Gasteiger partial charge is 0.320 e. The molecule has 1 aliphatic heterocycles. The van der Waals surface area contributed by atoms with Crippen LogP contribution in [0.25, 0.3) is 0 Å². The molecule has 2 heterocycles. The molecule has 194 valence electrons. The molecule has 0 bridgehead atoms. The average molecular weight is 506 g/mol. The first kappa shape index (κ1) is 24.2. The maximum atomic E-state index is 14.2. The van der Waals surface area contributed by atoms with E-state index >= 15 is 0 Å². The summed E-state index contributed by atoms with van der Waals surface area (Å²) < 4.78 is 30.3. The molecule has 3 aliphatic rings. The van der Waals surface area contributed by atoms with Gasteiger partial charge in [-0.1, -0.05) is 18.6 Å². The molecule has 2 atom stereocenters. The lowest BCUT2D eigenvalue weighted by Gasteiger charge is -2.27. The van der Waals surface area contributed by atoms with Gasteiger partial charge in [0.15, 0.2) is 0 Å². The van der Waals surface area contributed by atoms with Crippen molar-refractivity contribution in [1.82, 2.24) is 20.1 Å². The fourth-order valence-electron chi connectivity index (χ4n) is 5.79. The zero-order chi connectivity index (χ0) is 25.7. The summed E-state index contributed by atoms with van der Waals surface area (Å²) in [6.45, 7) is 3.02. The molecule has 37 heavy (non-hydrogen) atoms. The van der Waals surface area contributed by atoms with Crippen molar-refractivity contribution in [1.29, 1.82) is 0 Å². The van der Waals surface area contributed by atoms with E-state index in [9.17, 15) is 13.6 Å². The van der Waals surface area contributed by atoms with Crippen molar-refractivity contribution in [3.63, 3.8) is 0 Å². The van der Waals surface area contributed by atoms with Crippen LogP contribution in [0.3, 0.4) is 0 Å². The zero-order valence-corrected chi connectivity index (χ0v) is 21.3. The third-order valence-corrected chi connectivity index (χ3v) is 8.43. The molecule has 0 spiro atoms. The molecule has 2 fully saturated rings. The molecule has 1 N–H and O–H groups in total. The van der Waals surface area contributed by atoms with E-state index in [4.69, 9.17) is 0 Å². The van der Waals surface area contributed by atoms with E-state index in [2.05, 4.69) is 21.6 Å². The van der Waals surface area contributed by atoms with Gasteiger partial charge in [-0.2, -0.15) is 0 Å². The molecular weight excluding hydrogens is 472 g/mol. The van der Waals surface area contributed by atoms with Crippen molar-refractivity contribution in [2.75, 3.05) is 11.4 Å². The predicted molar refractivity (Wildman–Crippen MR) is 138 cm³/mol. The maximum absolute atomic E-state index is 14.2. The zero-order valence-electron chi connectivity index (χ0n) is 21.3. The van der Waals surface area contributed by atoms with Crippen LogP contribution in [-0.4, -0.2) is 27.2 Å². The van der Waals surface area contributed by atoms with Crippen molar-refractivity contribution in [2.24, 2.45) is 18.9 Å². The number of rotatable bonds is 9. The lowest BCUT2D eigenvalue weighted by molar-refractivity contribution is 0.0996.